The van der Waals surface area contributed by atoms with Crippen LogP contribution in [0, 0.1) is 0 Å². The zero-order valence-corrected chi connectivity index (χ0v) is 12.6. The number of likely N-dealkylation sites (tertiary alicyclic amines) is 1. The standard InChI is InChI=1S/C19H21NO2/c21-19(22)18-12-6-7-13-20(18)14-16-10-4-5-11-17(16)15-8-2-1-3-9-15/h1-5,8-11,18H,6-7,12-14H2,(H,21,22). The van der Waals surface area contributed by atoms with E-state index in [1.807, 2.05) is 30.3 Å². The van der Waals surface area contributed by atoms with Crippen LogP contribution in [0.15, 0.2) is 54.6 Å². The normalized spacial score (nSPS) is 19.0. The van der Waals surface area contributed by atoms with Gasteiger partial charge in [-0.15, -0.1) is 0 Å². The summed E-state index contributed by atoms with van der Waals surface area (Å²) < 4.78 is 0. The van der Waals surface area contributed by atoms with E-state index in [4.69, 9.17) is 0 Å². The van der Waals surface area contributed by atoms with Gasteiger partial charge in [0.1, 0.15) is 6.04 Å². The summed E-state index contributed by atoms with van der Waals surface area (Å²) in [6, 6.07) is 18.2. The van der Waals surface area contributed by atoms with E-state index in [0.717, 1.165) is 25.8 Å². The molecule has 2 aromatic carbocycles. The fraction of sp³-hybridized carbons (Fsp3) is 0.316. The summed E-state index contributed by atoms with van der Waals surface area (Å²) >= 11 is 0. The van der Waals surface area contributed by atoms with Gasteiger partial charge in [0, 0.05) is 6.54 Å². The average molecular weight is 295 g/mol. The Morgan fingerprint density at radius 1 is 1.05 bits per heavy atom. The molecular formula is C19H21NO2. The maximum atomic E-state index is 11.5. The molecule has 0 bridgehead atoms. The molecule has 1 aliphatic rings. The summed E-state index contributed by atoms with van der Waals surface area (Å²) in [6.45, 7) is 1.56. The predicted octanol–water partition coefficient (Wildman–Crippen LogP) is 3.79. The van der Waals surface area contributed by atoms with E-state index in [9.17, 15) is 9.90 Å². The lowest BCUT2D eigenvalue weighted by molar-refractivity contribution is -0.144. The number of carboxylic acid groups (broad SMARTS) is 1. The summed E-state index contributed by atoms with van der Waals surface area (Å²) in [6.07, 6.45) is 2.84. The summed E-state index contributed by atoms with van der Waals surface area (Å²) in [5, 5.41) is 9.43. The van der Waals surface area contributed by atoms with Gasteiger partial charge in [-0.1, -0.05) is 61.0 Å². The van der Waals surface area contributed by atoms with Crippen molar-refractivity contribution in [1.29, 1.82) is 0 Å². The molecule has 0 radical (unpaired) electrons. The molecule has 3 nitrogen and oxygen atoms in total. The molecule has 3 heteroatoms. The Kier molecular flexibility index (Phi) is 4.54. The van der Waals surface area contributed by atoms with Gasteiger partial charge in [-0.25, -0.2) is 0 Å². The second-order valence-electron chi connectivity index (χ2n) is 5.84. The Bertz CT molecular complexity index is 639. The quantitative estimate of drug-likeness (QED) is 0.933. The number of aliphatic carboxylic acids is 1. The number of hydrogen-bond donors (Lipinski definition) is 1. The zero-order valence-electron chi connectivity index (χ0n) is 12.6. The summed E-state index contributed by atoms with van der Waals surface area (Å²) in [7, 11) is 0. The third kappa shape index (κ3) is 3.20. The predicted molar refractivity (Wildman–Crippen MR) is 87.6 cm³/mol. The van der Waals surface area contributed by atoms with E-state index >= 15 is 0 Å². The topological polar surface area (TPSA) is 40.5 Å². The van der Waals surface area contributed by atoms with Crippen LogP contribution in [0.2, 0.25) is 0 Å². The van der Waals surface area contributed by atoms with Gasteiger partial charge in [0.15, 0.2) is 0 Å². The number of hydrogen-bond acceptors (Lipinski definition) is 2. The van der Waals surface area contributed by atoms with Crippen molar-refractivity contribution in [3.8, 4) is 11.1 Å². The Balaban J connectivity index is 1.88. The molecule has 1 N–H and O–H groups in total. The van der Waals surface area contributed by atoms with E-state index in [1.54, 1.807) is 0 Å². The lowest BCUT2D eigenvalue weighted by atomic mass is 9.97. The molecule has 0 saturated carbocycles. The van der Waals surface area contributed by atoms with Crippen LogP contribution in [0.3, 0.4) is 0 Å². The molecule has 22 heavy (non-hydrogen) atoms. The fourth-order valence-corrected chi connectivity index (χ4v) is 3.24. The van der Waals surface area contributed by atoms with Crippen molar-refractivity contribution in [2.24, 2.45) is 0 Å². The first-order valence-corrected chi connectivity index (χ1v) is 7.86. The van der Waals surface area contributed by atoms with Crippen molar-refractivity contribution < 1.29 is 9.90 Å². The van der Waals surface area contributed by atoms with Crippen molar-refractivity contribution in [2.45, 2.75) is 31.8 Å². The van der Waals surface area contributed by atoms with Gasteiger partial charge < -0.3 is 5.11 Å². The van der Waals surface area contributed by atoms with Crippen molar-refractivity contribution in [2.75, 3.05) is 6.54 Å². The molecule has 1 fully saturated rings. The molecule has 1 saturated heterocycles. The molecule has 0 amide bonds. The highest BCUT2D eigenvalue weighted by atomic mass is 16.4. The van der Waals surface area contributed by atoms with E-state index in [2.05, 4.69) is 29.2 Å². The highest BCUT2D eigenvalue weighted by Gasteiger charge is 2.28. The van der Waals surface area contributed by atoms with E-state index in [0.29, 0.717) is 6.54 Å². The number of piperidine rings is 1. The minimum Gasteiger partial charge on any atom is -0.480 e. The number of rotatable bonds is 4. The van der Waals surface area contributed by atoms with Crippen LogP contribution in [-0.4, -0.2) is 28.6 Å². The van der Waals surface area contributed by atoms with Crippen molar-refractivity contribution in [1.82, 2.24) is 4.90 Å². The van der Waals surface area contributed by atoms with Crippen LogP contribution in [0.5, 0.6) is 0 Å². The van der Waals surface area contributed by atoms with Gasteiger partial charge >= 0.3 is 5.97 Å². The Labute approximate surface area is 131 Å². The smallest absolute Gasteiger partial charge is 0.320 e. The number of carbonyl (C=O) groups is 1. The molecule has 1 aliphatic heterocycles. The maximum Gasteiger partial charge on any atom is 0.320 e. The SMILES string of the molecule is O=C(O)C1CCCCN1Cc1ccccc1-c1ccccc1. The first-order chi connectivity index (χ1) is 10.8. The second-order valence-corrected chi connectivity index (χ2v) is 5.84. The molecule has 0 aliphatic carbocycles. The van der Waals surface area contributed by atoms with Gasteiger partial charge in [-0.05, 0) is 36.1 Å². The van der Waals surface area contributed by atoms with Crippen LogP contribution < -0.4 is 0 Å². The third-order valence-electron chi connectivity index (χ3n) is 4.37. The van der Waals surface area contributed by atoms with E-state index in [-0.39, 0.29) is 6.04 Å². The van der Waals surface area contributed by atoms with Crippen molar-refractivity contribution in [3.63, 3.8) is 0 Å². The number of nitrogens with zero attached hydrogens (tertiary/aromatic N) is 1. The van der Waals surface area contributed by atoms with Crippen LogP contribution in [0.25, 0.3) is 11.1 Å². The average Bonchev–Trinajstić information content (AvgIpc) is 2.56. The van der Waals surface area contributed by atoms with Crippen LogP contribution >= 0.6 is 0 Å². The second kappa shape index (κ2) is 6.75. The summed E-state index contributed by atoms with van der Waals surface area (Å²) in [5.41, 5.74) is 3.57. The minimum atomic E-state index is -0.697. The monoisotopic (exact) mass is 295 g/mol. The van der Waals surface area contributed by atoms with Crippen molar-refractivity contribution in [3.05, 3.63) is 60.2 Å². The highest BCUT2D eigenvalue weighted by molar-refractivity contribution is 5.73. The number of benzene rings is 2. The van der Waals surface area contributed by atoms with E-state index in [1.165, 1.54) is 16.7 Å². The van der Waals surface area contributed by atoms with Crippen molar-refractivity contribution >= 4 is 5.97 Å². The molecular weight excluding hydrogens is 274 g/mol. The summed E-state index contributed by atoms with van der Waals surface area (Å²) in [4.78, 5) is 13.6. The highest BCUT2D eigenvalue weighted by Crippen LogP contribution is 2.27. The zero-order chi connectivity index (χ0) is 15.4. The van der Waals surface area contributed by atoms with E-state index < -0.39 is 5.97 Å². The molecule has 1 heterocycles. The Hall–Kier alpha value is -2.13. The Morgan fingerprint density at radius 3 is 2.55 bits per heavy atom. The summed E-state index contributed by atoms with van der Waals surface area (Å²) in [5.74, 6) is -0.697. The molecule has 0 spiro atoms. The lowest BCUT2D eigenvalue weighted by Crippen LogP contribution is -2.44. The van der Waals surface area contributed by atoms with Gasteiger partial charge in [-0.3, -0.25) is 9.69 Å². The molecule has 2 aromatic rings. The van der Waals surface area contributed by atoms with Gasteiger partial charge in [-0.2, -0.15) is 0 Å². The van der Waals surface area contributed by atoms with Crippen LogP contribution in [-0.2, 0) is 11.3 Å². The molecule has 114 valence electrons. The minimum absolute atomic E-state index is 0.349. The molecule has 1 unspecified atom stereocenters. The van der Waals surface area contributed by atoms with Gasteiger partial charge in [0.05, 0.1) is 0 Å². The first-order valence-electron chi connectivity index (χ1n) is 7.86. The van der Waals surface area contributed by atoms with Gasteiger partial charge in [0.25, 0.3) is 0 Å². The molecule has 3 rings (SSSR count). The maximum absolute atomic E-state index is 11.5. The van der Waals surface area contributed by atoms with Crippen LogP contribution in [0.1, 0.15) is 24.8 Å². The Morgan fingerprint density at radius 2 is 1.77 bits per heavy atom. The lowest BCUT2D eigenvalue weighted by Gasteiger charge is -2.33. The molecule has 1 atom stereocenters. The largest absolute Gasteiger partial charge is 0.480 e. The third-order valence-corrected chi connectivity index (χ3v) is 4.37. The van der Waals surface area contributed by atoms with Crippen LogP contribution in [0.4, 0.5) is 0 Å². The first kappa shape index (κ1) is 14.8. The molecule has 0 aromatic heterocycles. The fourth-order valence-electron chi connectivity index (χ4n) is 3.24. The number of carboxylic acids is 1. The van der Waals surface area contributed by atoms with Gasteiger partial charge in [0.2, 0.25) is 0 Å².